The summed E-state index contributed by atoms with van der Waals surface area (Å²) in [5.41, 5.74) is 10.7. The molecule has 2 aromatic rings. The second-order valence-corrected chi connectivity index (χ2v) is 5.04. The first-order valence-electron chi connectivity index (χ1n) is 6.71. The third-order valence-electron chi connectivity index (χ3n) is 3.28. The number of carbonyl (C=O) groups excluding carboxylic acids is 1. The summed E-state index contributed by atoms with van der Waals surface area (Å²) >= 11 is 0. The summed E-state index contributed by atoms with van der Waals surface area (Å²) in [6.07, 6.45) is 0. The molecule has 3 heteroatoms. The molecule has 0 spiro atoms. The highest BCUT2D eigenvalue weighted by atomic mass is 16.1. The molecule has 3 nitrogen and oxygen atoms in total. The van der Waals surface area contributed by atoms with Crippen molar-refractivity contribution < 1.29 is 4.79 Å². The van der Waals surface area contributed by atoms with Crippen molar-refractivity contribution in [2.75, 3.05) is 0 Å². The lowest BCUT2D eigenvalue weighted by Crippen LogP contribution is -2.19. The minimum absolute atomic E-state index is 0.0226. The summed E-state index contributed by atoms with van der Waals surface area (Å²) in [5, 5.41) is 2.78. The topological polar surface area (TPSA) is 55.1 Å². The maximum Gasteiger partial charge on any atom is 0.217 e. The normalized spacial score (nSPS) is 11.9. The number of nitrogens with two attached hydrogens (primary N) is 1. The number of nitrogens with one attached hydrogen (secondary N) is 1. The van der Waals surface area contributed by atoms with Crippen molar-refractivity contribution in [3.8, 4) is 0 Å². The van der Waals surface area contributed by atoms with Crippen LogP contribution in [0.2, 0.25) is 0 Å². The van der Waals surface area contributed by atoms with Crippen molar-refractivity contribution in [3.05, 3.63) is 70.8 Å². The zero-order chi connectivity index (χ0) is 14.5. The van der Waals surface area contributed by atoms with Crippen molar-refractivity contribution in [2.45, 2.75) is 26.4 Å². The van der Waals surface area contributed by atoms with E-state index in [4.69, 9.17) is 5.73 Å². The molecule has 1 atom stereocenters. The Balaban J connectivity index is 2.11. The van der Waals surface area contributed by atoms with E-state index in [-0.39, 0.29) is 11.9 Å². The van der Waals surface area contributed by atoms with Crippen molar-refractivity contribution >= 4 is 5.91 Å². The molecule has 0 bridgehead atoms. The lowest BCUT2D eigenvalue weighted by Gasteiger charge is -2.14. The Morgan fingerprint density at radius 3 is 2.45 bits per heavy atom. The van der Waals surface area contributed by atoms with Crippen LogP contribution in [0.3, 0.4) is 0 Å². The van der Waals surface area contributed by atoms with Gasteiger partial charge in [-0.1, -0.05) is 54.1 Å². The molecule has 0 aliphatic rings. The van der Waals surface area contributed by atoms with Crippen molar-refractivity contribution in [1.82, 2.24) is 5.32 Å². The van der Waals surface area contributed by atoms with Gasteiger partial charge in [-0.2, -0.15) is 0 Å². The predicted octanol–water partition coefficient (Wildman–Crippen LogP) is 2.68. The Bertz CT molecular complexity index is 590. The fourth-order valence-corrected chi connectivity index (χ4v) is 2.13. The van der Waals surface area contributed by atoms with Crippen LogP contribution >= 0.6 is 0 Å². The fraction of sp³-hybridized carbons (Fsp3) is 0.235. The number of aryl methyl sites for hydroxylation is 1. The summed E-state index contributed by atoms with van der Waals surface area (Å²) in [5.74, 6) is -0.0226. The van der Waals surface area contributed by atoms with E-state index in [1.54, 1.807) is 0 Å². The third-order valence-corrected chi connectivity index (χ3v) is 3.28. The van der Waals surface area contributed by atoms with Gasteiger partial charge in [0.05, 0.1) is 6.04 Å². The molecular formula is C17H20N2O. The Hall–Kier alpha value is -2.13. The Labute approximate surface area is 119 Å². The molecule has 3 N–H and O–H groups in total. The van der Waals surface area contributed by atoms with Crippen molar-refractivity contribution in [3.63, 3.8) is 0 Å². The summed E-state index contributed by atoms with van der Waals surface area (Å²) < 4.78 is 0. The number of carbonyl (C=O) groups is 1. The summed E-state index contributed by atoms with van der Waals surface area (Å²) in [6, 6.07) is 16.2. The molecule has 0 saturated heterocycles. The van der Waals surface area contributed by atoms with E-state index in [0.717, 1.165) is 16.7 Å². The Morgan fingerprint density at radius 2 is 1.85 bits per heavy atom. The summed E-state index contributed by atoms with van der Waals surface area (Å²) in [6.45, 7) is 4.13. The first-order valence-corrected chi connectivity index (χ1v) is 6.71. The van der Waals surface area contributed by atoms with Crippen LogP contribution < -0.4 is 11.1 Å². The van der Waals surface area contributed by atoms with Crippen molar-refractivity contribution in [1.29, 1.82) is 0 Å². The van der Waals surface area contributed by atoms with Crippen LogP contribution in [0, 0.1) is 6.92 Å². The molecule has 0 fully saturated rings. The minimum atomic E-state index is -0.121. The lowest BCUT2D eigenvalue weighted by atomic mass is 9.97. The quantitative estimate of drug-likeness (QED) is 0.895. The zero-order valence-electron chi connectivity index (χ0n) is 11.9. The molecule has 0 aromatic heterocycles. The lowest BCUT2D eigenvalue weighted by molar-refractivity contribution is -0.119. The van der Waals surface area contributed by atoms with Gasteiger partial charge in [-0.05, 0) is 23.6 Å². The standard InChI is InChI=1S/C17H20N2O/c1-12-4-3-5-16(10-12)17(18)15-8-6-14(7-9-15)11-19-13(2)20/h3-10,17H,11,18H2,1-2H3,(H,19,20). The van der Waals surface area contributed by atoms with Crippen LogP contribution in [0.5, 0.6) is 0 Å². The van der Waals surface area contributed by atoms with Gasteiger partial charge in [-0.25, -0.2) is 0 Å². The second kappa shape index (κ2) is 6.35. The third kappa shape index (κ3) is 3.68. The van der Waals surface area contributed by atoms with Gasteiger partial charge in [-0.15, -0.1) is 0 Å². The van der Waals surface area contributed by atoms with E-state index in [2.05, 4.69) is 24.4 Å². The molecular weight excluding hydrogens is 248 g/mol. The van der Waals surface area contributed by atoms with Crippen LogP contribution in [0.25, 0.3) is 0 Å². The van der Waals surface area contributed by atoms with Gasteiger partial charge in [0.1, 0.15) is 0 Å². The van der Waals surface area contributed by atoms with E-state index < -0.39 is 0 Å². The highest BCUT2D eigenvalue weighted by molar-refractivity contribution is 5.72. The average molecular weight is 268 g/mol. The van der Waals surface area contributed by atoms with Gasteiger partial charge in [0.25, 0.3) is 0 Å². The van der Waals surface area contributed by atoms with Gasteiger partial charge in [-0.3, -0.25) is 4.79 Å². The average Bonchev–Trinajstić information content (AvgIpc) is 2.45. The van der Waals surface area contributed by atoms with E-state index in [1.807, 2.05) is 36.4 Å². The molecule has 2 aromatic carbocycles. The van der Waals surface area contributed by atoms with E-state index in [0.29, 0.717) is 6.54 Å². The largest absolute Gasteiger partial charge is 0.352 e. The van der Waals surface area contributed by atoms with Gasteiger partial charge < -0.3 is 11.1 Å². The van der Waals surface area contributed by atoms with Crippen LogP contribution in [-0.2, 0) is 11.3 Å². The Kier molecular flexibility index (Phi) is 4.53. The van der Waals surface area contributed by atoms with E-state index in [1.165, 1.54) is 12.5 Å². The molecule has 20 heavy (non-hydrogen) atoms. The first kappa shape index (κ1) is 14.3. The highest BCUT2D eigenvalue weighted by Crippen LogP contribution is 2.20. The number of hydrogen-bond donors (Lipinski definition) is 2. The van der Waals surface area contributed by atoms with Gasteiger partial charge in [0, 0.05) is 13.5 Å². The smallest absolute Gasteiger partial charge is 0.217 e. The number of hydrogen-bond acceptors (Lipinski definition) is 2. The molecule has 0 radical (unpaired) electrons. The van der Waals surface area contributed by atoms with Gasteiger partial charge >= 0.3 is 0 Å². The fourth-order valence-electron chi connectivity index (χ4n) is 2.13. The SMILES string of the molecule is CC(=O)NCc1ccc(C(N)c2cccc(C)c2)cc1. The van der Waals surface area contributed by atoms with Gasteiger partial charge in [0.15, 0.2) is 0 Å². The minimum Gasteiger partial charge on any atom is -0.352 e. The number of amides is 1. The second-order valence-electron chi connectivity index (χ2n) is 5.04. The van der Waals surface area contributed by atoms with Crippen LogP contribution in [0.15, 0.2) is 48.5 Å². The molecule has 0 heterocycles. The molecule has 1 unspecified atom stereocenters. The molecule has 0 aliphatic carbocycles. The first-order chi connectivity index (χ1) is 9.56. The number of rotatable bonds is 4. The molecule has 2 rings (SSSR count). The number of benzene rings is 2. The Morgan fingerprint density at radius 1 is 1.15 bits per heavy atom. The van der Waals surface area contributed by atoms with Crippen LogP contribution in [0.4, 0.5) is 0 Å². The maximum atomic E-state index is 10.9. The van der Waals surface area contributed by atoms with Gasteiger partial charge in [0.2, 0.25) is 5.91 Å². The van der Waals surface area contributed by atoms with E-state index in [9.17, 15) is 4.79 Å². The van der Waals surface area contributed by atoms with Crippen LogP contribution in [-0.4, -0.2) is 5.91 Å². The highest BCUT2D eigenvalue weighted by Gasteiger charge is 2.08. The van der Waals surface area contributed by atoms with Crippen molar-refractivity contribution in [2.24, 2.45) is 5.73 Å². The predicted molar refractivity (Wildman–Crippen MR) is 81.2 cm³/mol. The molecule has 0 saturated carbocycles. The molecule has 1 amide bonds. The maximum absolute atomic E-state index is 10.9. The van der Waals surface area contributed by atoms with E-state index >= 15 is 0 Å². The molecule has 0 aliphatic heterocycles. The molecule has 104 valence electrons. The zero-order valence-corrected chi connectivity index (χ0v) is 11.9. The van der Waals surface area contributed by atoms with Crippen LogP contribution in [0.1, 0.15) is 35.2 Å². The summed E-state index contributed by atoms with van der Waals surface area (Å²) in [7, 11) is 0. The summed E-state index contributed by atoms with van der Waals surface area (Å²) in [4.78, 5) is 10.9. The monoisotopic (exact) mass is 268 g/mol.